The van der Waals surface area contributed by atoms with Gasteiger partial charge in [-0.1, -0.05) is 24.3 Å². The van der Waals surface area contributed by atoms with Crippen LogP contribution in [0.15, 0.2) is 72.8 Å². The Hall–Kier alpha value is -4.08. The Balaban J connectivity index is 1.32. The van der Waals surface area contributed by atoms with Crippen molar-refractivity contribution in [3.05, 3.63) is 95.1 Å². The summed E-state index contributed by atoms with van der Waals surface area (Å²) in [6.45, 7) is 0.329. The van der Waals surface area contributed by atoms with Gasteiger partial charge in [-0.15, -0.1) is 0 Å². The molecule has 0 aromatic heterocycles. The molecule has 196 valence electrons. The summed E-state index contributed by atoms with van der Waals surface area (Å²) in [5, 5.41) is 1.59. The maximum absolute atomic E-state index is 13.6. The predicted octanol–water partition coefficient (Wildman–Crippen LogP) is 7.59. The van der Waals surface area contributed by atoms with Gasteiger partial charge in [-0.2, -0.15) is 26.3 Å². The summed E-state index contributed by atoms with van der Waals surface area (Å²) in [5.74, 6) is 1.13. The monoisotopic (exact) mass is 530 g/mol. The van der Waals surface area contributed by atoms with Crippen LogP contribution in [0.5, 0.6) is 11.5 Å². The topological polar surface area (TPSA) is 24.9 Å². The summed E-state index contributed by atoms with van der Waals surface area (Å²) in [6.07, 6.45) is -9.01. The summed E-state index contributed by atoms with van der Waals surface area (Å²) in [7, 11) is 0. The lowest BCUT2D eigenvalue weighted by atomic mass is 10.00. The van der Waals surface area contributed by atoms with E-state index < -0.39 is 23.5 Å². The van der Waals surface area contributed by atoms with Gasteiger partial charge in [-0.3, -0.25) is 0 Å². The maximum Gasteiger partial charge on any atom is 0.418 e. The second kappa shape index (κ2) is 8.75. The molecule has 0 atom stereocenters. The molecule has 0 saturated carbocycles. The fourth-order valence-corrected chi connectivity index (χ4v) is 5.00. The zero-order chi connectivity index (χ0) is 26.7. The molecule has 0 aliphatic carbocycles. The van der Waals surface area contributed by atoms with Gasteiger partial charge in [0.05, 0.1) is 22.5 Å². The van der Waals surface area contributed by atoms with Crippen molar-refractivity contribution < 1.29 is 35.8 Å². The smallest absolute Gasteiger partial charge is 0.418 e. The number of rotatable bonds is 2. The van der Waals surface area contributed by atoms with Crippen LogP contribution in [0.1, 0.15) is 22.3 Å². The molecule has 0 spiro atoms. The molecular formula is C28H20F6N2O2. The number of ether oxygens (including phenoxy) is 2. The number of hydrogen-bond acceptors (Lipinski definition) is 4. The number of fused-ring (bicyclic) bond motifs is 3. The van der Waals surface area contributed by atoms with Gasteiger partial charge in [0.1, 0.15) is 11.5 Å². The van der Waals surface area contributed by atoms with Crippen LogP contribution in [0.2, 0.25) is 0 Å². The zero-order valence-electron chi connectivity index (χ0n) is 19.7. The van der Waals surface area contributed by atoms with Gasteiger partial charge in [0.2, 0.25) is 0 Å². The number of halogens is 6. The second-order valence-corrected chi connectivity index (χ2v) is 9.24. The number of nitrogens with zero attached hydrogens (tertiary/aromatic N) is 2. The first-order chi connectivity index (χ1) is 18.1. The molecule has 4 aromatic carbocycles. The first-order valence-corrected chi connectivity index (χ1v) is 11.8. The van der Waals surface area contributed by atoms with Crippen LogP contribution in [0.3, 0.4) is 0 Å². The largest absolute Gasteiger partial charge is 0.473 e. The fourth-order valence-electron chi connectivity index (χ4n) is 5.00. The van der Waals surface area contributed by atoms with Crippen LogP contribution >= 0.6 is 0 Å². The maximum atomic E-state index is 13.6. The molecule has 10 heteroatoms. The molecule has 2 heterocycles. The molecule has 0 saturated heterocycles. The van der Waals surface area contributed by atoms with E-state index in [1.54, 1.807) is 12.1 Å². The molecular weight excluding hydrogens is 510 g/mol. The third-order valence-corrected chi connectivity index (χ3v) is 6.77. The van der Waals surface area contributed by atoms with E-state index in [0.29, 0.717) is 22.6 Å². The summed E-state index contributed by atoms with van der Waals surface area (Å²) < 4.78 is 93.1. The van der Waals surface area contributed by atoms with Gasteiger partial charge >= 0.3 is 12.4 Å². The molecule has 38 heavy (non-hydrogen) atoms. The van der Waals surface area contributed by atoms with E-state index in [4.69, 9.17) is 9.47 Å². The van der Waals surface area contributed by atoms with Crippen LogP contribution in [-0.2, 0) is 25.4 Å². The quantitative estimate of drug-likeness (QED) is 0.249. The molecule has 4 nitrogen and oxygen atoms in total. The number of hydrogen-bond donors (Lipinski definition) is 0. The van der Waals surface area contributed by atoms with Crippen LogP contribution in [-0.4, -0.2) is 13.5 Å². The molecule has 0 amide bonds. The highest BCUT2D eigenvalue weighted by atomic mass is 19.4. The fraction of sp³-hybridized carbons (Fsp3) is 0.214. The van der Waals surface area contributed by atoms with Crippen molar-refractivity contribution in [3.63, 3.8) is 0 Å². The standard InChI is InChI=1S/C28H20F6N2O2/c29-27(30,31)21-5-1-3-7-23(21)35-13-19-9-17-10-20-14-36(24-8-4-2-6-22(24)28(32,33)34)16-38-26(20)12-18(17)11-25(19)37-15-35/h1-12H,13-16H2. The van der Waals surface area contributed by atoms with E-state index in [0.717, 1.165) is 22.9 Å². The van der Waals surface area contributed by atoms with Gasteiger partial charge in [-0.05, 0) is 59.3 Å². The minimum atomic E-state index is -4.50. The molecule has 0 radical (unpaired) electrons. The third-order valence-electron chi connectivity index (χ3n) is 6.77. The van der Waals surface area contributed by atoms with E-state index in [9.17, 15) is 26.3 Å². The lowest BCUT2D eigenvalue weighted by molar-refractivity contribution is -0.138. The van der Waals surface area contributed by atoms with E-state index in [1.807, 2.05) is 24.3 Å². The van der Waals surface area contributed by atoms with Gasteiger partial charge in [0.25, 0.3) is 0 Å². The van der Waals surface area contributed by atoms with Crippen molar-refractivity contribution in [2.24, 2.45) is 0 Å². The highest BCUT2D eigenvalue weighted by Crippen LogP contribution is 2.42. The van der Waals surface area contributed by atoms with Crippen LogP contribution < -0.4 is 19.3 Å². The van der Waals surface area contributed by atoms with Crippen LogP contribution in [0.4, 0.5) is 37.7 Å². The second-order valence-electron chi connectivity index (χ2n) is 9.24. The van der Waals surface area contributed by atoms with Crippen molar-refractivity contribution in [1.29, 1.82) is 0 Å². The zero-order valence-corrected chi connectivity index (χ0v) is 19.7. The Morgan fingerprint density at radius 2 is 0.947 bits per heavy atom. The molecule has 2 aliphatic heterocycles. The summed E-state index contributed by atoms with van der Waals surface area (Å²) in [6, 6.07) is 18.0. The SMILES string of the molecule is FC(F)(F)c1ccccc1N1COc2cc3cc4c(cc3cc2C1)CN(c1ccccc1C(F)(F)F)CO4. The molecule has 0 fully saturated rings. The highest BCUT2D eigenvalue weighted by molar-refractivity contribution is 5.88. The summed E-state index contributed by atoms with van der Waals surface area (Å²) in [4.78, 5) is 3.04. The van der Waals surface area contributed by atoms with Crippen LogP contribution in [0.25, 0.3) is 10.8 Å². The third kappa shape index (κ3) is 4.33. The first kappa shape index (κ1) is 24.3. The number of alkyl halides is 6. The molecule has 0 bridgehead atoms. The van der Waals surface area contributed by atoms with Crippen molar-refractivity contribution in [2.75, 3.05) is 23.3 Å². The Bertz CT molecular complexity index is 1420. The Labute approximate surface area is 213 Å². The van der Waals surface area contributed by atoms with Gasteiger partial charge in [0.15, 0.2) is 13.5 Å². The average molecular weight is 530 g/mol. The van der Waals surface area contributed by atoms with E-state index in [1.165, 1.54) is 34.1 Å². The number of benzene rings is 4. The number of para-hydroxylation sites is 2. The van der Waals surface area contributed by atoms with Crippen molar-refractivity contribution in [3.8, 4) is 11.5 Å². The molecule has 0 unspecified atom stereocenters. The summed E-state index contributed by atoms with van der Waals surface area (Å²) in [5.41, 5.74) is -0.00273. The summed E-state index contributed by atoms with van der Waals surface area (Å²) >= 11 is 0. The van der Waals surface area contributed by atoms with Gasteiger partial charge in [-0.25, -0.2) is 0 Å². The lowest BCUT2D eigenvalue weighted by Crippen LogP contribution is -2.33. The highest BCUT2D eigenvalue weighted by Gasteiger charge is 2.36. The van der Waals surface area contributed by atoms with Gasteiger partial charge < -0.3 is 19.3 Å². The minimum Gasteiger partial charge on any atom is -0.473 e. The van der Waals surface area contributed by atoms with Gasteiger partial charge in [0, 0.05) is 24.2 Å². The first-order valence-electron chi connectivity index (χ1n) is 11.8. The Morgan fingerprint density at radius 1 is 0.553 bits per heavy atom. The van der Waals surface area contributed by atoms with E-state index in [-0.39, 0.29) is 37.9 Å². The van der Waals surface area contributed by atoms with Crippen LogP contribution in [0, 0.1) is 0 Å². The number of anilines is 2. The Kier molecular flexibility index (Phi) is 5.59. The molecule has 2 aliphatic rings. The normalized spacial score (nSPS) is 15.5. The van der Waals surface area contributed by atoms with Crippen molar-refractivity contribution in [2.45, 2.75) is 25.4 Å². The molecule has 0 N–H and O–H groups in total. The lowest BCUT2D eigenvalue weighted by Gasteiger charge is -2.34. The van der Waals surface area contributed by atoms with Crippen molar-refractivity contribution >= 4 is 22.1 Å². The average Bonchev–Trinajstić information content (AvgIpc) is 2.89. The van der Waals surface area contributed by atoms with E-state index in [2.05, 4.69) is 0 Å². The molecule has 6 rings (SSSR count). The van der Waals surface area contributed by atoms with Crippen molar-refractivity contribution in [1.82, 2.24) is 0 Å². The molecule has 4 aromatic rings. The Morgan fingerprint density at radius 3 is 1.37 bits per heavy atom. The minimum absolute atomic E-state index is 0.0311. The van der Waals surface area contributed by atoms with E-state index >= 15 is 0 Å². The predicted molar refractivity (Wildman–Crippen MR) is 130 cm³/mol.